The number of fused-ring (bicyclic) bond motifs is 1. The minimum Gasteiger partial charge on any atom is -0.486 e. The molecule has 0 saturated heterocycles. The lowest BCUT2D eigenvalue weighted by Crippen LogP contribution is -2.15. The second-order valence-electron chi connectivity index (χ2n) is 4.82. The summed E-state index contributed by atoms with van der Waals surface area (Å²) in [5.41, 5.74) is 2.29. The molecule has 1 aliphatic rings. The van der Waals surface area contributed by atoms with Gasteiger partial charge >= 0.3 is 5.97 Å². The number of anilines is 1. The molecule has 2 N–H and O–H groups in total. The fourth-order valence-corrected chi connectivity index (χ4v) is 2.15. The molecule has 1 aromatic heterocycles. The molecule has 7 nitrogen and oxygen atoms in total. The normalized spacial score (nSPS) is 12.8. The molecule has 0 saturated carbocycles. The maximum Gasteiger partial charge on any atom is 0.322 e. The van der Waals surface area contributed by atoms with Crippen LogP contribution in [0.2, 0.25) is 0 Å². The van der Waals surface area contributed by atoms with Crippen LogP contribution in [0, 0.1) is 6.92 Å². The standard InChI is InChI=1S/C15H15N3O4/c1-9-6-11(18-15(17-9)16-8-14(19)20)10-2-3-12-13(7-10)22-5-4-21-12/h2-3,6-7H,4-5,8H2,1H3,(H,19,20)(H,16,17,18). The van der Waals surface area contributed by atoms with Crippen LogP contribution in [-0.2, 0) is 4.79 Å². The molecule has 0 atom stereocenters. The highest BCUT2D eigenvalue weighted by Crippen LogP contribution is 2.34. The maximum absolute atomic E-state index is 10.6. The van der Waals surface area contributed by atoms with E-state index in [1.54, 1.807) is 0 Å². The number of aromatic nitrogens is 2. The van der Waals surface area contributed by atoms with Gasteiger partial charge in [0.1, 0.15) is 19.8 Å². The van der Waals surface area contributed by atoms with Crippen LogP contribution in [-0.4, -0.2) is 40.8 Å². The van der Waals surface area contributed by atoms with Crippen LogP contribution in [0.5, 0.6) is 11.5 Å². The SMILES string of the molecule is Cc1cc(-c2ccc3c(c2)OCCO3)nc(NCC(=O)O)n1. The number of ether oxygens (including phenoxy) is 2. The summed E-state index contributed by atoms with van der Waals surface area (Å²) >= 11 is 0. The van der Waals surface area contributed by atoms with Gasteiger partial charge in [-0.1, -0.05) is 0 Å². The number of hydrogen-bond donors (Lipinski definition) is 2. The van der Waals surface area contributed by atoms with Crippen molar-refractivity contribution < 1.29 is 19.4 Å². The van der Waals surface area contributed by atoms with E-state index in [0.29, 0.717) is 30.4 Å². The van der Waals surface area contributed by atoms with E-state index in [0.717, 1.165) is 11.3 Å². The summed E-state index contributed by atoms with van der Waals surface area (Å²) in [5.74, 6) is 0.711. The number of nitrogens with one attached hydrogen (secondary N) is 1. The number of benzene rings is 1. The third-order valence-corrected chi connectivity index (χ3v) is 3.09. The zero-order valence-corrected chi connectivity index (χ0v) is 12.0. The molecule has 1 aromatic carbocycles. The highest BCUT2D eigenvalue weighted by atomic mass is 16.6. The van der Waals surface area contributed by atoms with Crippen molar-refractivity contribution in [1.82, 2.24) is 9.97 Å². The van der Waals surface area contributed by atoms with Crippen LogP contribution >= 0.6 is 0 Å². The molecule has 0 radical (unpaired) electrons. The molecule has 2 aromatic rings. The van der Waals surface area contributed by atoms with Crippen LogP contribution in [0.3, 0.4) is 0 Å². The van der Waals surface area contributed by atoms with Gasteiger partial charge in [-0.3, -0.25) is 4.79 Å². The summed E-state index contributed by atoms with van der Waals surface area (Å²) in [6.45, 7) is 2.66. The van der Waals surface area contributed by atoms with Gasteiger partial charge in [0.15, 0.2) is 11.5 Å². The Balaban J connectivity index is 1.92. The molecule has 2 heterocycles. The highest BCUT2D eigenvalue weighted by Gasteiger charge is 2.14. The van der Waals surface area contributed by atoms with Crippen molar-refractivity contribution in [2.75, 3.05) is 25.1 Å². The van der Waals surface area contributed by atoms with Gasteiger partial charge in [0.05, 0.1) is 5.69 Å². The Labute approximate surface area is 126 Å². The van der Waals surface area contributed by atoms with Crippen molar-refractivity contribution >= 4 is 11.9 Å². The third-order valence-electron chi connectivity index (χ3n) is 3.09. The van der Waals surface area contributed by atoms with Crippen molar-refractivity contribution in [3.8, 4) is 22.8 Å². The maximum atomic E-state index is 10.6. The molecule has 0 bridgehead atoms. The van der Waals surface area contributed by atoms with E-state index in [1.165, 1.54) is 0 Å². The zero-order valence-electron chi connectivity index (χ0n) is 12.0. The molecule has 3 rings (SSSR count). The average Bonchev–Trinajstić information content (AvgIpc) is 2.52. The average molecular weight is 301 g/mol. The van der Waals surface area contributed by atoms with Gasteiger partial charge in [0.2, 0.25) is 5.95 Å². The first-order valence-corrected chi connectivity index (χ1v) is 6.83. The van der Waals surface area contributed by atoms with Gasteiger partial charge in [-0.15, -0.1) is 0 Å². The fourth-order valence-electron chi connectivity index (χ4n) is 2.15. The minimum absolute atomic E-state index is 0.232. The van der Waals surface area contributed by atoms with Crippen LogP contribution < -0.4 is 14.8 Å². The minimum atomic E-state index is -0.967. The zero-order chi connectivity index (χ0) is 15.5. The topological polar surface area (TPSA) is 93.6 Å². The monoisotopic (exact) mass is 301 g/mol. The van der Waals surface area contributed by atoms with Gasteiger partial charge in [-0.25, -0.2) is 9.97 Å². The number of carbonyl (C=O) groups is 1. The molecule has 0 unspecified atom stereocenters. The molecule has 0 aliphatic carbocycles. The van der Waals surface area contributed by atoms with Crippen molar-refractivity contribution in [3.05, 3.63) is 30.0 Å². The van der Waals surface area contributed by atoms with Crippen LogP contribution in [0.1, 0.15) is 5.69 Å². The number of aryl methyl sites for hydroxylation is 1. The first-order valence-electron chi connectivity index (χ1n) is 6.83. The quantitative estimate of drug-likeness (QED) is 0.888. The molecule has 7 heteroatoms. The number of aliphatic carboxylic acids is 1. The summed E-state index contributed by atoms with van der Waals surface area (Å²) in [5, 5.41) is 11.4. The van der Waals surface area contributed by atoms with Crippen molar-refractivity contribution in [2.24, 2.45) is 0 Å². The number of hydrogen-bond acceptors (Lipinski definition) is 6. The van der Waals surface area contributed by atoms with E-state index in [9.17, 15) is 4.79 Å². The number of carboxylic acids is 1. The van der Waals surface area contributed by atoms with Crippen LogP contribution in [0.15, 0.2) is 24.3 Å². The van der Waals surface area contributed by atoms with Gasteiger partial charge in [0, 0.05) is 11.3 Å². The molecule has 0 fully saturated rings. The van der Waals surface area contributed by atoms with E-state index in [4.69, 9.17) is 14.6 Å². The third kappa shape index (κ3) is 3.08. The van der Waals surface area contributed by atoms with E-state index in [-0.39, 0.29) is 12.5 Å². The van der Waals surface area contributed by atoms with Gasteiger partial charge in [-0.05, 0) is 31.2 Å². The van der Waals surface area contributed by atoms with Gasteiger partial charge in [-0.2, -0.15) is 0 Å². The molecule has 1 aliphatic heterocycles. The van der Waals surface area contributed by atoms with Gasteiger partial charge < -0.3 is 19.9 Å². The summed E-state index contributed by atoms with van der Waals surface area (Å²) in [4.78, 5) is 19.1. The lowest BCUT2D eigenvalue weighted by atomic mass is 10.1. The number of rotatable bonds is 4. The van der Waals surface area contributed by atoms with E-state index in [2.05, 4.69) is 15.3 Å². The van der Waals surface area contributed by atoms with E-state index in [1.807, 2.05) is 31.2 Å². The summed E-state index contributed by atoms with van der Waals surface area (Å²) < 4.78 is 11.1. The smallest absolute Gasteiger partial charge is 0.322 e. The van der Waals surface area contributed by atoms with Crippen LogP contribution in [0.25, 0.3) is 11.3 Å². The second kappa shape index (κ2) is 5.88. The predicted octanol–water partition coefficient (Wildman–Crippen LogP) is 1.72. The molecule has 0 amide bonds. The Morgan fingerprint density at radius 3 is 2.77 bits per heavy atom. The molecular weight excluding hydrogens is 286 g/mol. The summed E-state index contributed by atoms with van der Waals surface area (Å²) in [7, 11) is 0. The number of nitrogens with zero attached hydrogens (tertiary/aromatic N) is 2. The molecule has 114 valence electrons. The molecular formula is C15H15N3O4. The van der Waals surface area contributed by atoms with Crippen molar-refractivity contribution in [2.45, 2.75) is 6.92 Å². The first-order chi connectivity index (χ1) is 10.6. The second-order valence-corrected chi connectivity index (χ2v) is 4.82. The van der Waals surface area contributed by atoms with Crippen molar-refractivity contribution in [3.63, 3.8) is 0 Å². The Bertz CT molecular complexity index is 718. The lowest BCUT2D eigenvalue weighted by Gasteiger charge is -2.18. The van der Waals surface area contributed by atoms with Crippen molar-refractivity contribution in [1.29, 1.82) is 0 Å². The Kier molecular flexibility index (Phi) is 3.78. The molecule has 0 spiro atoms. The predicted molar refractivity (Wildman–Crippen MR) is 79.3 cm³/mol. The Morgan fingerprint density at radius 2 is 2.00 bits per heavy atom. The largest absolute Gasteiger partial charge is 0.486 e. The summed E-state index contributed by atoms with van der Waals surface area (Å²) in [6, 6.07) is 7.41. The Hall–Kier alpha value is -2.83. The lowest BCUT2D eigenvalue weighted by molar-refractivity contribution is -0.134. The van der Waals surface area contributed by atoms with Crippen LogP contribution in [0.4, 0.5) is 5.95 Å². The first kappa shape index (κ1) is 14.1. The van der Waals surface area contributed by atoms with Gasteiger partial charge in [0.25, 0.3) is 0 Å². The van der Waals surface area contributed by atoms with E-state index >= 15 is 0 Å². The van der Waals surface area contributed by atoms with E-state index < -0.39 is 5.97 Å². The molecule has 22 heavy (non-hydrogen) atoms. The Morgan fingerprint density at radius 1 is 1.23 bits per heavy atom. The summed E-state index contributed by atoms with van der Waals surface area (Å²) in [6.07, 6.45) is 0. The number of carboxylic acid groups (broad SMARTS) is 1. The fraction of sp³-hybridized carbons (Fsp3) is 0.267. The highest BCUT2D eigenvalue weighted by molar-refractivity contribution is 5.72.